The number of ether oxygens (including phenoxy) is 1. The second-order valence-corrected chi connectivity index (χ2v) is 4.59. The summed E-state index contributed by atoms with van der Waals surface area (Å²) in [7, 11) is 0. The molecular formula is C16H17N3O3. The summed E-state index contributed by atoms with van der Waals surface area (Å²) in [6.07, 6.45) is 0. The molecule has 114 valence electrons. The molecule has 2 aromatic rings. The lowest BCUT2D eigenvalue weighted by Crippen LogP contribution is -2.21. The van der Waals surface area contributed by atoms with E-state index in [0.29, 0.717) is 22.9 Å². The maximum absolute atomic E-state index is 11.3. The van der Waals surface area contributed by atoms with Crippen LogP contribution in [0, 0.1) is 0 Å². The minimum Gasteiger partial charge on any atom is -0.457 e. The highest BCUT2D eigenvalue weighted by Crippen LogP contribution is 2.25. The van der Waals surface area contributed by atoms with Crippen LogP contribution in [0.25, 0.3) is 0 Å². The predicted octanol–water partition coefficient (Wildman–Crippen LogP) is 2.33. The maximum atomic E-state index is 11.3. The van der Waals surface area contributed by atoms with E-state index in [1.165, 1.54) is 6.92 Å². The van der Waals surface area contributed by atoms with Gasteiger partial charge in [0.25, 0.3) is 0 Å². The largest absolute Gasteiger partial charge is 0.457 e. The number of hydrogen-bond acceptors (Lipinski definition) is 4. The molecule has 0 aromatic heterocycles. The van der Waals surface area contributed by atoms with E-state index >= 15 is 0 Å². The van der Waals surface area contributed by atoms with Crippen LogP contribution in [0.4, 0.5) is 11.4 Å². The fraction of sp³-hybridized carbons (Fsp3) is 0.125. The molecule has 0 saturated carbocycles. The molecule has 0 radical (unpaired) electrons. The highest BCUT2D eigenvalue weighted by molar-refractivity contribution is 5.92. The van der Waals surface area contributed by atoms with E-state index in [9.17, 15) is 9.59 Å². The second kappa shape index (κ2) is 7.24. The van der Waals surface area contributed by atoms with Crippen molar-refractivity contribution in [1.29, 1.82) is 0 Å². The Morgan fingerprint density at radius 2 is 1.73 bits per heavy atom. The lowest BCUT2D eigenvalue weighted by Gasteiger charge is -2.09. The van der Waals surface area contributed by atoms with Crippen LogP contribution in [0.5, 0.6) is 11.5 Å². The molecule has 0 heterocycles. The highest BCUT2D eigenvalue weighted by Gasteiger charge is 2.03. The predicted molar refractivity (Wildman–Crippen MR) is 84.9 cm³/mol. The molecule has 0 unspecified atom stereocenters. The van der Waals surface area contributed by atoms with E-state index in [4.69, 9.17) is 10.5 Å². The quantitative estimate of drug-likeness (QED) is 0.790. The summed E-state index contributed by atoms with van der Waals surface area (Å²) in [5.41, 5.74) is 6.57. The molecule has 6 nitrogen and oxygen atoms in total. The number of nitrogens with one attached hydrogen (secondary N) is 2. The minimum atomic E-state index is -0.267. The Morgan fingerprint density at radius 1 is 1.00 bits per heavy atom. The van der Waals surface area contributed by atoms with Crippen LogP contribution in [0.15, 0.2) is 48.5 Å². The average Bonchev–Trinajstić information content (AvgIpc) is 2.49. The minimum absolute atomic E-state index is 0.0737. The van der Waals surface area contributed by atoms with Crippen LogP contribution in [0.1, 0.15) is 6.92 Å². The van der Waals surface area contributed by atoms with E-state index in [1.54, 1.807) is 48.5 Å². The Kier molecular flexibility index (Phi) is 5.11. The molecule has 22 heavy (non-hydrogen) atoms. The van der Waals surface area contributed by atoms with E-state index in [-0.39, 0.29) is 18.4 Å². The van der Waals surface area contributed by atoms with E-state index in [1.807, 2.05) is 0 Å². The van der Waals surface area contributed by atoms with Crippen LogP contribution in [-0.2, 0) is 9.59 Å². The van der Waals surface area contributed by atoms with Gasteiger partial charge in [0.15, 0.2) is 0 Å². The zero-order valence-corrected chi connectivity index (χ0v) is 12.1. The van der Waals surface area contributed by atoms with Crippen molar-refractivity contribution in [3.63, 3.8) is 0 Å². The zero-order valence-electron chi connectivity index (χ0n) is 12.1. The van der Waals surface area contributed by atoms with Crippen molar-refractivity contribution in [3.8, 4) is 11.5 Å². The molecule has 0 aliphatic carbocycles. The third kappa shape index (κ3) is 4.60. The number of carbonyl (C=O) groups is 2. The van der Waals surface area contributed by atoms with Gasteiger partial charge in [-0.2, -0.15) is 0 Å². The summed E-state index contributed by atoms with van der Waals surface area (Å²) in [5.74, 6) is 0.812. The van der Waals surface area contributed by atoms with Crippen molar-refractivity contribution in [3.05, 3.63) is 48.5 Å². The Hall–Kier alpha value is -2.86. The first-order valence-electron chi connectivity index (χ1n) is 6.72. The van der Waals surface area contributed by atoms with Crippen molar-refractivity contribution in [2.45, 2.75) is 6.92 Å². The Labute approximate surface area is 128 Å². The van der Waals surface area contributed by atoms with Gasteiger partial charge >= 0.3 is 0 Å². The molecular weight excluding hydrogens is 282 g/mol. The molecule has 0 bridgehead atoms. The van der Waals surface area contributed by atoms with Crippen LogP contribution in [-0.4, -0.2) is 18.4 Å². The summed E-state index contributed by atoms with van der Waals surface area (Å²) in [6.45, 7) is 1.38. The molecule has 0 aliphatic rings. The van der Waals surface area contributed by atoms with Gasteiger partial charge in [-0.25, -0.2) is 0 Å². The smallest absolute Gasteiger partial charge is 0.238 e. The third-order valence-electron chi connectivity index (χ3n) is 2.71. The highest BCUT2D eigenvalue weighted by atomic mass is 16.5. The van der Waals surface area contributed by atoms with Crippen LogP contribution < -0.4 is 21.1 Å². The van der Waals surface area contributed by atoms with E-state index in [0.717, 1.165) is 0 Å². The Morgan fingerprint density at radius 3 is 2.36 bits per heavy atom. The Balaban J connectivity index is 2.05. The fourth-order valence-electron chi connectivity index (χ4n) is 1.80. The van der Waals surface area contributed by atoms with Gasteiger partial charge in [0, 0.05) is 24.4 Å². The standard InChI is InChI=1S/C16H17N3O3/c1-11(20)18-12-5-7-14(8-6-12)22-15-4-2-3-13(9-15)19-16(21)10-17/h2-9H,10,17H2,1H3,(H,18,20)(H,19,21). The first kappa shape index (κ1) is 15.5. The van der Waals surface area contributed by atoms with Gasteiger partial charge in [0.1, 0.15) is 11.5 Å². The summed E-state index contributed by atoms with van der Waals surface area (Å²) in [4.78, 5) is 22.2. The molecule has 0 aliphatic heterocycles. The lowest BCUT2D eigenvalue weighted by atomic mass is 10.2. The van der Waals surface area contributed by atoms with Gasteiger partial charge in [0.05, 0.1) is 6.54 Å². The number of anilines is 2. The number of nitrogens with two attached hydrogens (primary N) is 1. The summed E-state index contributed by atoms with van der Waals surface area (Å²) < 4.78 is 5.70. The van der Waals surface area contributed by atoms with Gasteiger partial charge in [-0.1, -0.05) is 6.07 Å². The van der Waals surface area contributed by atoms with Crippen LogP contribution in [0.2, 0.25) is 0 Å². The number of hydrogen-bond donors (Lipinski definition) is 3. The lowest BCUT2D eigenvalue weighted by molar-refractivity contribution is -0.115. The molecule has 2 rings (SSSR count). The van der Waals surface area contributed by atoms with Crippen molar-refractivity contribution < 1.29 is 14.3 Å². The number of benzene rings is 2. The summed E-state index contributed by atoms with van der Waals surface area (Å²) in [6, 6.07) is 14.0. The normalized spacial score (nSPS) is 9.91. The molecule has 0 fully saturated rings. The summed E-state index contributed by atoms with van der Waals surface area (Å²) >= 11 is 0. The molecule has 0 saturated heterocycles. The molecule has 2 amide bonds. The van der Waals surface area contributed by atoms with Gasteiger partial charge in [-0.05, 0) is 36.4 Å². The third-order valence-corrected chi connectivity index (χ3v) is 2.71. The molecule has 6 heteroatoms. The van der Waals surface area contributed by atoms with E-state index < -0.39 is 0 Å². The maximum Gasteiger partial charge on any atom is 0.238 e. The van der Waals surface area contributed by atoms with Crippen LogP contribution in [0.3, 0.4) is 0 Å². The van der Waals surface area contributed by atoms with Crippen molar-refractivity contribution in [1.82, 2.24) is 0 Å². The van der Waals surface area contributed by atoms with Crippen molar-refractivity contribution in [2.75, 3.05) is 17.2 Å². The molecule has 4 N–H and O–H groups in total. The second-order valence-electron chi connectivity index (χ2n) is 4.59. The topological polar surface area (TPSA) is 93.5 Å². The van der Waals surface area contributed by atoms with Crippen molar-refractivity contribution >= 4 is 23.2 Å². The first-order valence-corrected chi connectivity index (χ1v) is 6.72. The summed E-state index contributed by atoms with van der Waals surface area (Å²) in [5, 5.41) is 5.34. The van der Waals surface area contributed by atoms with Gasteiger partial charge in [-0.3, -0.25) is 9.59 Å². The average molecular weight is 299 g/mol. The number of amides is 2. The number of carbonyl (C=O) groups excluding carboxylic acids is 2. The van der Waals surface area contributed by atoms with Crippen LogP contribution >= 0.6 is 0 Å². The monoisotopic (exact) mass is 299 g/mol. The molecule has 0 atom stereocenters. The molecule has 2 aromatic carbocycles. The number of rotatable bonds is 5. The Bertz CT molecular complexity index is 669. The first-order chi connectivity index (χ1) is 10.6. The van der Waals surface area contributed by atoms with Crippen molar-refractivity contribution in [2.24, 2.45) is 5.73 Å². The fourth-order valence-corrected chi connectivity index (χ4v) is 1.80. The van der Waals surface area contributed by atoms with Gasteiger partial charge < -0.3 is 21.1 Å². The van der Waals surface area contributed by atoms with Gasteiger partial charge in [-0.15, -0.1) is 0 Å². The van der Waals surface area contributed by atoms with Gasteiger partial charge in [0.2, 0.25) is 11.8 Å². The molecule has 0 spiro atoms. The SMILES string of the molecule is CC(=O)Nc1ccc(Oc2cccc(NC(=O)CN)c2)cc1. The van der Waals surface area contributed by atoms with E-state index in [2.05, 4.69) is 10.6 Å². The zero-order chi connectivity index (χ0) is 15.9.